The van der Waals surface area contributed by atoms with E-state index in [0.717, 1.165) is 110 Å². The standard InChI is InChI=1S/C59H67N5O3S6/c1-6-9-12-14-22-40-33-49(69-38(40)4)42-35-50(55(57-56(42)61-73-62-57)51-34-41(39(5)70-51)23-15-13-10-7-2)68-32-28-52(65)60-29-20-21-31-64-46-25-17-19-27-48(46)72-54(64)37-44-58(66)43(59(44)67)36-53-63(30-11-8-3)45-24-16-18-26-47(45)71-53/h16-19,24-27,33-37H,6-15,20-23,28-32H2,1-5H3,(H-,60,65,66,67)/p+1. The summed E-state index contributed by atoms with van der Waals surface area (Å²) < 4.78 is 13.3. The average Bonchev–Trinajstić information content (AvgIpc) is 4.24. The Labute approximate surface area is 456 Å². The Morgan fingerprint density at radius 3 is 2.23 bits per heavy atom. The summed E-state index contributed by atoms with van der Waals surface area (Å²) in [6, 6.07) is 23.7. The highest BCUT2D eigenvalue weighted by Crippen LogP contribution is 2.49. The molecule has 0 fully saturated rings. The van der Waals surface area contributed by atoms with E-state index < -0.39 is 0 Å². The van der Waals surface area contributed by atoms with Crippen LogP contribution < -0.4 is 14.8 Å². The topological polar surface area (TPSA) is 99.3 Å². The molecule has 0 radical (unpaired) electrons. The number of ketones is 1. The summed E-state index contributed by atoms with van der Waals surface area (Å²) in [6.07, 6.45) is 20.0. The molecule has 0 unspecified atom stereocenters. The second-order valence-electron chi connectivity index (χ2n) is 19.2. The maximum Gasteiger partial charge on any atom is 0.263 e. The van der Waals surface area contributed by atoms with Crippen LogP contribution in [0.2, 0.25) is 0 Å². The van der Waals surface area contributed by atoms with Gasteiger partial charge in [-0.1, -0.05) is 113 Å². The van der Waals surface area contributed by atoms with Gasteiger partial charge in [-0.2, -0.15) is 13.3 Å². The minimum atomic E-state index is -0.136. The molecule has 8 nitrogen and oxygen atoms in total. The number of nitrogens with one attached hydrogen (secondary N) is 1. The number of aryl methyl sites for hydroxylation is 5. The van der Waals surface area contributed by atoms with Crippen LogP contribution in [0.15, 0.2) is 105 Å². The van der Waals surface area contributed by atoms with Gasteiger partial charge in [-0.15, -0.1) is 34.4 Å². The molecule has 0 saturated heterocycles. The third-order valence-electron chi connectivity index (χ3n) is 13.9. The molecule has 1 aliphatic carbocycles. The van der Waals surface area contributed by atoms with Crippen molar-refractivity contribution >= 4 is 114 Å². The zero-order valence-corrected chi connectivity index (χ0v) is 47.8. The molecule has 382 valence electrons. The molecule has 73 heavy (non-hydrogen) atoms. The van der Waals surface area contributed by atoms with Gasteiger partial charge in [0.1, 0.15) is 21.5 Å². The number of carbonyl (C=O) groups excluding carboxylic acids is 2. The first-order valence-corrected chi connectivity index (χ1v) is 31.4. The number of Topliss-reactive ketones (excluding diaryl/α,β-unsaturated/α-hetero) is 1. The highest BCUT2D eigenvalue weighted by molar-refractivity contribution is 8.03. The molecule has 0 spiro atoms. The van der Waals surface area contributed by atoms with Crippen molar-refractivity contribution in [2.75, 3.05) is 23.7 Å². The first-order chi connectivity index (χ1) is 35.7. The fourth-order valence-electron chi connectivity index (χ4n) is 9.75. The van der Waals surface area contributed by atoms with Crippen LogP contribution in [0.1, 0.15) is 130 Å². The van der Waals surface area contributed by atoms with E-state index in [9.17, 15) is 14.7 Å². The number of rotatable bonds is 26. The lowest BCUT2D eigenvalue weighted by Crippen LogP contribution is -2.36. The molecule has 0 saturated carbocycles. The summed E-state index contributed by atoms with van der Waals surface area (Å²) in [5.41, 5.74) is 10.1. The summed E-state index contributed by atoms with van der Waals surface area (Å²) in [5, 5.41) is 16.5. The van der Waals surface area contributed by atoms with E-state index in [0.29, 0.717) is 29.9 Å². The number of benzene rings is 3. The van der Waals surface area contributed by atoms with Gasteiger partial charge in [-0.25, -0.2) is 0 Å². The smallest absolute Gasteiger partial charge is 0.263 e. The van der Waals surface area contributed by atoms with Gasteiger partial charge in [0.2, 0.25) is 17.2 Å². The molecule has 14 heteroatoms. The number of allylic oxidation sites excluding steroid dienone is 3. The maximum atomic E-state index is 13.7. The number of unbranched alkanes of at least 4 members (excludes halogenated alkanes) is 8. The third-order valence-corrected chi connectivity index (χ3v) is 19.9. The summed E-state index contributed by atoms with van der Waals surface area (Å²) >= 11 is 10.1. The SMILES string of the molecule is CCCCCCc1cc(-c2cc(SCCC(=O)NCCCC[n+]3c(/C=C4\C(=O)C(/C=C5\Sc6ccccc6N5CCCC)=C4O)sc4ccccc43)c(-c3cc(CCCCCC)c(C)s3)c3nsnc23)sc1C. The maximum absolute atomic E-state index is 13.7. The molecule has 3 aromatic carbocycles. The number of anilines is 1. The molecular formula is C59H68N5O3S6+. The van der Waals surface area contributed by atoms with Gasteiger partial charge in [0.25, 0.3) is 5.01 Å². The van der Waals surface area contributed by atoms with E-state index in [1.165, 1.54) is 93.7 Å². The number of aliphatic hydroxyl groups is 1. The van der Waals surface area contributed by atoms with E-state index in [1.807, 2.05) is 59.1 Å². The predicted molar refractivity (Wildman–Crippen MR) is 314 cm³/mol. The summed E-state index contributed by atoms with van der Waals surface area (Å²) in [4.78, 5) is 37.0. The number of thioether (sulfide) groups is 2. The second kappa shape index (κ2) is 25.3. The van der Waals surface area contributed by atoms with Gasteiger partial charge in [0.15, 0.2) is 6.54 Å². The van der Waals surface area contributed by atoms with Crippen molar-refractivity contribution in [2.45, 2.75) is 147 Å². The van der Waals surface area contributed by atoms with Gasteiger partial charge < -0.3 is 15.3 Å². The molecular weight excluding hydrogens is 1020 g/mol. The van der Waals surface area contributed by atoms with Gasteiger partial charge in [0.05, 0.1) is 33.6 Å². The molecule has 9 rings (SSSR count). The van der Waals surface area contributed by atoms with Gasteiger partial charge in [-0.3, -0.25) is 9.59 Å². The first kappa shape index (κ1) is 53.3. The van der Waals surface area contributed by atoms with E-state index in [-0.39, 0.29) is 17.4 Å². The number of carbonyl (C=O) groups is 2. The quantitative estimate of drug-likeness (QED) is 0.0239. The van der Waals surface area contributed by atoms with Crippen LogP contribution in [0.5, 0.6) is 0 Å². The van der Waals surface area contributed by atoms with Crippen LogP contribution >= 0.6 is 69.3 Å². The van der Waals surface area contributed by atoms with E-state index in [1.54, 1.807) is 34.9 Å². The number of thiophene rings is 2. The number of para-hydroxylation sites is 2. The van der Waals surface area contributed by atoms with Crippen molar-refractivity contribution in [3.63, 3.8) is 0 Å². The third kappa shape index (κ3) is 12.3. The highest BCUT2D eigenvalue weighted by Gasteiger charge is 2.36. The van der Waals surface area contributed by atoms with E-state index in [2.05, 4.69) is 91.9 Å². The molecule has 0 bridgehead atoms. The zero-order chi connectivity index (χ0) is 50.8. The normalized spacial score (nSPS) is 14.7. The lowest BCUT2D eigenvalue weighted by Gasteiger charge is -2.23. The average molecular weight is 1090 g/mol. The molecule has 5 heterocycles. The van der Waals surface area contributed by atoms with Crippen LogP contribution in [0.3, 0.4) is 0 Å². The number of hydrogen-bond donors (Lipinski definition) is 2. The Balaban J connectivity index is 0.853. The van der Waals surface area contributed by atoms with Gasteiger partial charge in [-0.05, 0) is 106 Å². The Morgan fingerprint density at radius 2 is 1.48 bits per heavy atom. The molecule has 1 aliphatic heterocycles. The van der Waals surface area contributed by atoms with Gasteiger partial charge in [0, 0.05) is 84.3 Å². The number of thiazole rings is 1. The lowest BCUT2D eigenvalue weighted by molar-refractivity contribution is -0.669. The lowest BCUT2D eigenvalue weighted by atomic mass is 9.88. The van der Waals surface area contributed by atoms with E-state index >= 15 is 0 Å². The van der Waals surface area contributed by atoms with Crippen molar-refractivity contribution < 1.29 is 19.3 Å². The molecule has 4 aromatic heterocycles. The van der Waals surface area contributed by atoms with Crippen LogP contribution in [0.4, 0.5) is 5.69 Å². The van der Waals surface area contributed by atoms with Crippen molar-refractivity contribution in [3.05, 3.63) is 121 Å². The number of hydrogen-bond acceptors (Lipinski definition) is 12. The molecule has 7 aromatic rings. The van der Waals surface area contributed by atoms with Crippen LogP contribution in [0.25, 0.3) is 48.2 Å². The number of fused-ring (bicyclic) bond motifs is 3. The Morgan fingerprint density at radius 1 is 0.781 bits per heavy atom. The van der Waals surface area contributed by atoms with Crippen molar-refractivity contribution in [2.24, 2.45) is 0 Å². The molecule has 2 N–H and O–H groups in total. The second-order valence-corrected chi connectivity index (χ2v) is 25.5. The monoisotopic (exact) mass is 1090 g/mol. The molecule has 2 aliphatic rings. The Hall–Kier alpha value is -4.57. The highest BCUT2D eigenvalue weighted by atomic mass is 32.2. The van der Waals surface area contributed by atoms with Crippen molar-refractivity contribution in [3.8, 4) is 20.9 Å². The summed E-state index contributed by atoms with van der Waals surface area (Å²) in [6.45, 7) is 13.4. The van der Waals surface area contributed by atoms with Crippen LogP contribution in [-0.4, -0.2) is 44.4 Å². The predicted octanol–water partition coefficient (Wildman–Crippen LogP) is 16.6. The van der Waals surface area contributed by atoms with Gasteiger partial charge >= 0.3 is 0 Å². The number of aliphatic hydroxyl groups excluding tert-OH is 1. The number of nitrogens with zero attached hydrogens (tertiary/aromatic N) is 4. The van der Waals surface area contributed by atoms with E-state index in [4.69, 9.17) is 8.75 Å². The largest absolute Gasteiger partial charge is 0.506 e. The Kier molecular flexibility index (Phi) is 18.5. The van der Waals surface area contributed by atoms with Crippen LogP contribution in [-0.2, 0) is 29.0 Å². The minimum absolute atomic E-state index is 0.0512. The summed E-state index contributed by atoms with van der Waals surface area (Å²) in [5.74, 6) is 0.620. The number of amides is 1. The molecule has 0 atom stereocenters. The van der Waals surface area contributed by atoms with Crippen molar-refractivity contribution in [1.82, 2.24) is 14.1 Å². The fourth-order valence-corrected chi connectivity index (χ4v) is 15.9. The first-order valence-electron chi connectivity index (χ1n) is 26.4. The fraction of sp³-hybridized carbons (Fsp3) is 0.407. The zero-order valence-electron chi connectivity index (χ0n) is 42.9. The molecule has 1 amide bonds. The van der Waals surface area contributed by atoms with Crippen LogP contribution in [0, 0.1) is 13.8 Å². The Bertz CT molecular complexity index is 3190. The van der Waals surface area contributed by atoms with Crippen molar-refractivity contribution in [1.29, 1.82) is 0 Å². The number of aromatic nitrogens is 3. The minimum Gasteiger partial charge on any atom is -0.506 e. The summed E-state index contributed by atoms with van der Waals surface area (Å²) in [7, 11) is 0.